The van der Waals surface area contributed by atoms with Crippen LogP contribution in [-0.4, -0.2) is 7.64 Å². The summed E-state index contributed by atoms with van der Waals surface area (Å²) in [7, 11) is 2.96. The van der Waals surface area contributed by atoms with Gasteiger partial charge in [-0.1, -0.05) is 0 Å². The molecule has 0 saturated carbocycles. The van der Waals surface area contributed by atoms with E-state index in [2.05, 4.69) is 28.9 Å². The summed E-state index contributed by atoms with van der Waals surface area (Å²) in [5.41, 5.74) is 0. The molecule has 4 nitrogen and oxygen atoms in total. The number of nitrogens with zero attached hydrogens (tertiary/aromatic N) is 3. The third-order valence-corrected chi connectivity index (χ3v) is 0.115. The zero-order valence-electron chi connectivity index (χ0n) is 2.63. The van der Waals surface area contributed by atoms with Crippen molar-refractivity contribution in [3.05, 3.63) is 0 Å². The number of hydrogen-bond acceptors (Lipinski definition) is 2. The molecule has 0 aliphatic rings. The fourth-order valence-electron chi connectivity index (χ4n) is 0.0365. The van der Waals surface area contributed by atoms with Gasteiger partial charge in [-0.25, -0.2) is 0 Å². The van der Waals surface area contributed by atoms with Gasteiger partial charge in [-0.15, -0.1) is 0 Å². The van der Waals surface area contributed by atoms with Gasteiger partial charge in [0.05, 0.1) is 0 Å². The average molecular weight is 69.9 g/mol. The summed E-state index contributed by atoms with van der Waals surface area (Å²) in [6.45, 7) is 0. The van der Waals surface area contributed by atoms with E-state index in [1.165, 1.54) is 0 Å². The third-order valence-electron chi connectivity index (χ3n) is 0.115. The third kappa shape index (κ3) is 3.26. The Hall–Kier alpha value is -0.735. The monoisotopic (exact) mass is 70.0 g/mol. The fourth-order valence-corrected chi connectivity index (χ4v) is 0.0365. The van der Waals surface area contributed by atoms with Gasteiger partial charge in [0, 0.05) is 0 Å². The molecule has 0 atom stereocenters. The Bertz CT molecular complexity index is 45.6. The van der Waals surface area contributed by atoms with Crippen LogP contribution < -0.4 is 5.84 Å². The molecule has 0 aliphatic heterocycles. The Balaban J connectivity index is 2.92. The van der Waals surface area contributed by atoms with Crippen molar-refractivity contribution in [3.8, 4) is 0 Å². The quantitative estimate of drug-likeness (QED) is 0.189. The van der Waals surface area contributed by atoms with Crippen LogP contribution in [0.1, 0.15) is 0 Å². The molecule has 26 valence electrons. The van der Waals surface area contributed by atoms with Crippen molar-refractivity contribution in [2.75, 3.05) is 0 Å². The topological polar surface area (TPSA) is 63.1 Å². The van der Waals surface area contributed by atoms with Crippen LogP contribution in [0.25, 0.3) is 0 Å². The van der Waals surface area contributed by atoms with E-state index < -0.39 is 0 Å². The Labute approximate surface area is 30.2 Å². The number of hydrogen-bond donors (Lipinski definition) is 1. The van der Waals surface area contributed by atoms with E-state index in [1.807, 2.05) is 0 Å². The summed E-state index contributed by atoms with van der Waals surface area (Å²) in [4.78, 5) is 0. The van der Waals surface area contributed by atoms with Gasteiger partial charge in [0.15, 0.2) is 0 Å². The van der Waals surface area contributed by atoms with E-state index in [0.29, 0.717) is 0 Å². The van der Waals surface area contributed by atoms with Crippen LogP contribution in [0.4, 0.5) is 0 Å². The van der Waals surface area contributed by atoms with Crippen LogP contribution in [0.15, 0.2) is 15.5 Å². The first kappa shape index (κ1) is 4.26. The molecule has 0 amide bonds. The molecule has 0 aliphatic carbocycles. The summed E-state index contributed by atoms with van der Waals surface area (Å²) in [6.07, 6.45) is 0. The van der Waals surface area contributed by atoms with Gasteiger partial charge < -0.3 is 0 Å². The molecule has 5 heteroatoms. The summed E-state index contributed by atoms with van der Waals surface area (Å²) < 4.78 is 0. The molecule has 0 heterocycles. The van der Waals surface area contributed by atoms with E-state index in [4.69, 9.17) is 0 Å². The maximum atomic E-state index is 4.46. The van der Waals surface area contributed by atoms with Crippen LogP contribution >= 0.6 is 0 Å². The fraction of sp³-hybridized carbons (Fsp3) is 0. The molecule has 0 radical (unpaired) electrons. The van der Waals surface area contributed by atoms with Crippen LogP contribution in [0, 0.1) is 0 Å². The average Bonchev–Trinajstić information content (AvgIpc) is 1.41. The van der Waals surface area contributed by atoms with E-state index >= 15 is 0 Å². The van der Waals surface area contributed by atoms with Crippen LogP contribution in [-0.2, 0) is 0 Å². The second-order valence-corrected chi connectivity index (χ2v) is 0.346. The molecule has 0 fully saturated rings. The van der Waals surface area contributed by atoms with Crippen molar-refractivity contribution in [2.24, 2.45) is 21.3 Å². The predicted octanol–water partition coefficient (Wildman–Crippen LogP) is -0.688. The van der Waals surface area contributed by atoms with Crippen LogP contribution in [0.3, 0.4) is 0 Å². The second-order valence-electron chi connectivity index (χ2n) is 0.346. The van der Waals surface area contributed by atoms with Gasteiger partial charge in [-0.3, -0.25) is 0 Å². The number of rotatable bonds is 1. The van der Waals surface area contributed by atoms with E-state index in [0.717, 1.165) is 0 Å². The van der Waals surface area contributed by atoms with Crippen molar-refractivity contribution < 1.29 is 0 Å². The molecular weight excluding hydrogens is 66.8 g/mol. The Morgan fingerprint density at radius 3 is 2.20 bits per heavy atom. The molecule has 5 heavy (non-hydrogen) atoms. The van der Waals surface area contributed by atoms with Gasteiger partial charge in [0.2, 0.25) is 0 Å². The van der Waals surface area contributed by atoms with Crippen molar-refractivity contribution in [3.63, 3.8) is 0 Å². The molecule has 0 saturated heterocycles. The first-order valence-electron chi connectivity index (χ1n) is 0.974. The summed E-state index contributed by atoms with van der Waals surface area (Å²) in [6, 6.07) is 0. The van der Waals surface area contributed by atoms with Gasteiger partial charge in [-0.05, 0) is 0 Å². The summed E-state index contributed by atoms with van der Waals surface area (Å²) in [5, 5.41) is 8.58. The standard InChI is InChI=1S/BH3N4/c1-3-5-4-2/h1H,(H2,2,5). The minimum absolute atomic E-state index is 2.75. The SMILES string of the molecule is B=N/N=N/N. The van der Waals surface area contributed by atoms with Crippen LogP contribution in [0.5, 0.6) is 0 Å². The van der Waals surface area contributed by atoms with Gasteiger partial charge in [0.1, 0.15) is 0 Å². The Kier molecular flexibility index (Phi) is 2.78. The van der Waals surface area contributed by atoms with Crippen molar-refractivity contribution in [1.29, 1.82) is 0 Å². The molecule has 0 aromatic rings. The maximum absolute atomic E-state index is 4.46. The number of nitrogens with two attached hydrogens (primary N) is 1. The Morgan fingerprint density at radius 2 is 2.20 bits per heavy atom. The first-order chi connectivity index (χ1) is 2.41. The minimum atomic E-state index is 2.75. The predicted molar refractivity (Wildman–Crippen MR) is 18.6 cm³/mol. The van der Waals surface area contributed by atoms with Crippen LogP contribution in [0.2, 0.25) is 0 Å². The molecule has 0 aromatic heterocycles. The molecular formula is H3BN4. The molecule has 0 rings (SSSR count). The molecule has 0 bridgehead atoms. The van der Waals surface area contributed by atoms with E-state index in [-0.39, 0.29) is 0 Å². The second kappa shape index (κ2) is 3.26. The van der Waals surface area contributed by atoms with E-state index in [1.54, 1.807) is 0 Å². The van der Waals surface area contributed by atoms with Crippen molar-refractivity contribution >= 4 is 7.64 Å². The summed E-state index contributed by atoms with van der Waals surface area (Å²) in [5.74, 6) is 4.46. The zero-order chi connectivity index (χ0) is 4.12. The normalized spacial score (nSPS) is 8.60. The zero-order valence-corrected chi connectivity index (χ0v) is 2.63. The van der Waals surface area contributed by atoms with Gasteiger partial charge in [0.25, 0.3) is 0 Å². The van der Waals surface area contributed by atoms with E-state index in [9.17, 15) is 0 Å². The Morgan fingerprint density at radius 1 is 1.60 bits per heavy atom. The molecule has 0 unspecified atom stereocenters. The first-order valence-corrected chi connectivity index (χ1v) is 0.974. The molecule has 0 aromatic carbocycles. The molecule has 0 spiro atoms. The molecule has 2 N–H and O–H groups in total. The summed E-state index contributed by atoms with van der Waals surface area (Å²) >= 11 is 0. The van der Waals surface area contributed by atoms with Crippen molar-refractivity contribution in [1.82, 2.24) is 0 Å². The van der Waals surface area contributed by atoms with Crippen molar-refractivity contribution in [2.45, 2.75) is 0 Å². The van der Waals surface area contributed by atoms with Gasteiger partial charge >= 0.3 is 28.9 Å². The van der Waals surface area contributed by atoms with Gasteiger partial charge in [-0.2, -0.15) is 0 Å².